The van der Waals surface area contributed by atoms with Crippen molar-refractivity contribution in [2.75, 3.05) is 18.4 Å². The molecule has 2 aromatic rings. The molecule has 0 unspecified atom stereocenters. The van der Waals surface area contributed by atoms with Crippen LogP contribution in [0.25, 0.3) is 0 Å². The van der Waals surface area contributed by atoms with E-state index in [1.54, 1.807) is 11.1 Å². The Morgan fingerprint density at radius 2 is 2.07 bits per heavy atom. The van der Waals surface area contributed by atoms with Crippen LogP contribution in [0.4, 0.5) is 15.7 Å². The normalized spacial score (nSPS) is 15.4. The summed E-state index contributed by atoms with van der Waals surface area (Å²) in [6, 6.07) is 4.02. The van der Waals surface area contributed by atoms with Gasteiger partial charge >= 0.3 is 6.09 Å². The Hall–Kier alpha value is -2.48. The lowest BCUT2D eigenvalue weighted by molar-refractivity contribution is 0.0204. The fraction of sp³-hybridized carbons (Fsp3) is 0.474. The number of hydrogen-bond donors (Lipinski definition) is 1. The minimum absolute atomic E-state index is 0.243. The monoisotopic (exact) mass is 388 g/mol. The van der Waals surface area contributed by atoms with Crippen LogP contribution in [-0.2, 0) is 4.74 Å². The summed E-state index contributed by atoms with van der Waals surface area (Å²) >= 11 is 1.29. The van der Waals surface area contributed by atoms with Crippen molar-refractivity contribution in [3.8, 4) is 0 Å². The third kappa shape index (κ3) is 5.26. The van der Waals surface area contributed by atoms with Crippen LogP contribution in [0.1, 0.15) is 54.8 Å². The number of amides is 1. The van der Waals surface area contributed by atoms with E-state index in [1.807, 2.05) is 32.9 Å². The molecule has 27 heavy (non-hydrogen) atoms. The summed E-state index contributed by atoms with van der Waals surface area (Å²) in [5, 5.41) is 3.78. The van der Waals surface area contributed by atoms with Crippen molar-refractivity contribution in [1.29, 1.82) is 0 Å². The molecule has 1 aliphatic heterocycles. The minimum atomic E-state index is -0.473. The Bertz CT molecular complexity index is 807. The lowest BCUT2D eigenvalue weighted by Gasteiger charge is -2.33. The number of aldehydes is 1. The number of carbonyl (C=O) groups excluding carboxylic acids is 2. The van der Waals surface area contributed by atoms with Crippen molar-refractivity contribution in [3.63, 3.8) is 0 Å². The van der Waals surface area contributed by atoms with Gasteiger partial charge in [-0.2, -0.15) is 0 Å². The molecule has 0 radical (unpaired) electrons. The first kappa shape index (κ1) is 19.3. The van der Waals surface area contributed by atoms with Gasteiger partial charge in [-0.15, -0.1) is 0 Å². The lowest BCUT2D eigenvalue weighted by Crippen LogP contribution is -2.41. The number of thiazole rings is 1. The predicted octanol–water partition coefficient (Wildman–Crippen LogP) is 4.21. The van der Waals surface area contributed by atoms with E-state index in [2.05, 4.69) is 15.3 Å². The van der Waals surface area contributed by atoms with Gasteiger partial charge in [-0.3, -0.25) is 4.79 Å². The van der Waals surface area contributed by atoms with Crippen LogP contribution in [0, 0.1) is 0 Å². The van der Waals surface area contributed by atoms with Crippen molar-refractivity contribution in [2.24, 2.45) is 0 Å². The first-order chi connectivity index (χ1) is 12.8. The number of likely N-dealkylation sites (tertiary alicyclic amines) is 1. The number of nitrogens with one attached hydrogen (secondary N) is 1. The molecule has 1 N–H and O–H groups in total. The molecule has 7 nitrogen and oxygen atoms in total. The predicted molar refractivity (Wildman–Crippen MR) is 105 cm³/mol. The van der Waals surface area contributed by atoms with Crippen LogP contribution >= 0.6 is 11.3 Å². The third-order valence-corrected chi connectivity index (χ3v) is 5.11. The molecular weight excluding hydrogens is 364 g/mol. The summed E-state index contributed by atoms with van der Waals surface area (Å²) in [5.41, 5.74) is 0.711. The summed E-state index contributed by atoms with van der Waals surface area (Å²) in [6.07, 6.45) is 5.62. The molecule has 8 heteroatoms. The first-order valence-corrected chi connectivity index (χ1v) is 9.77. The molecule has 0 atom stereocenters. The van der Waals surface area contributed by atoms with Gasteiger partial charge in [0, 0.05) is 19.3 Å². The van der Waals surface area contributed by atoms with Gasteiger partial charge in [0.1, 0.15) is 11.4 Å². The van der Waals surface area contributed by atoms with Crippen LogP contribution in [0.3, 0.4) is 0 Å². The topological polar surface area (TPSA) is 84.4 Å². The Kier molecular flexibility index (Phi) is 5.74. The van der Waals surface area contributed by atoms with Gasteiger partial charge in [-0.1, -0.05) is 11.3 Å². The number of hydrogen-bond acceptors (Lipinski definition) is 7. The average Bonchev–Trinajstić information content (AvgIpc) is 3.08. The van der Waals surface area contributed by atoms with Crippen LogP contribution in [0.5, 0.6) is 0 Å². The third-order valence-electron chi connectivity index (χ3n) is 4.28. The fourth-order valence-electron chi connectivity index (χ4n) is 3.00. The Labute approximate surface area is 162 Å². The zero-order valence-electron chi connectivity index (χ0n) is 15.8. The Morgan fingerprint density at radius 3 is 2.70 bits per heavy atom. The van der Waals surface area contributed by atoms with Crippen LogP contribution < -0.4 is 5.32 Å². The second-order valence-electron chi connectivity index (χ2n) is 7.53. The number of piperidine rings is 1. The number of ether oxygens (including phenoxy) is 1. The van der Waals surface area contributed by atoms with E-state index in [0.717, 1.165) is 19.1 Å². The fourth-order valence-corrected chi connectivity index (χ4v) is 3.64. The van der Waals surface area contributed by atoms with Crippen LogP contribution in [-0.4, -0.2) is 45.9 Å². The van der Waals surface area contributed by atoms with Gasteiger partial charge in [0.05, 0.1) is 11.1 Å². The quantitative estimate of drug-likeness (QED) is 0.790. The molecule has 144 valence electrons. The largest absolute Gasteiger partial charge is 0.444 e. The van der Waals surface area contributed by atoms with Crippen molar-refractivity contribution < 1.29 is 14.3 Å². The highest BCUT2D eigenvalue weighted by Gasteiger charge is 2.27. The highest BCUT2D eigenvalue weighted by Crippen LogP contribution is 2.30. The number of anilines is 2. The van der Waals surface area contributed by atoms with E-state index >= 15 is 0 Å². The molecule has 0 bridgehead atoms. The number of carbonyl (C=O) groups is 2. The van der Waals surface area contributed by atoms with E-state index in [4.69, 9.17) is 4.74 Å². The Morgan fingerprint density at radius 1 is 1.33 bits per heavy atom. The lowest BCUT2D eigenvalue weighted by atomic mass is 9.90. The van der Waals surface area contributed by atoms with Crippen molar-refractivity contribution in [3.05, 3.63) is 35.0 Å². The number of pyridine rings is 1. The summed E-state index contributed by atoms with van der Waals surface area (Å²) in [4.78, 5) is 33.8. The SMILES string of the molecule is CC(C)(C)OC(=O)N1CCC(c2ccnc(Nc3ncc(C=O)s3)c2)CC1. The molecule has 1 amide bonds. The van der Waals surface area contributed by atoms with Gasteiger partial charge in [-0.25, -0.2) is 14.8 Å². The summed E-state index contributed by atoms with van der Waals surface area (Å²) < 4.78 is 5.45. The number of aromatic nitrogens is 2. The highest BCUT2D eigenvalue weighted by atomic mass is 32.1. The molecule has 0 aromatic carbocycles. The number of nitrogens with zero attached hydrogens (tertiary/aromatic N) is 3. The van der Waals surface area contributed by atoms with Crippen LogP contribution in [0.15, 0.2) is 24.5 Å². The highest BCUT2D eigenvalue weighted by molar-refractivity contribution is 7.17. The summed E-state index contributed by atoms with van der Waals surface area (Å²) in [5.74, 6) is 1.07. The molecule has 0 spiro atoms. The van der Waals surface area contributed by atoms with Gasteiger partial charge in [0.2, 0.25) is 0 Å². The summed E-state index contributed by atoms with van der Waals surface area (Å²) in [6.45, 7) is 7.00. The Balaban J connectivity index is 1.59. The molecule has 3 heterocycles. The van der Waals surface area contributed by atoms with Crippen molar-refractivity contribution in [2.45, 2.75) is 45.1 Å². The maximum Gasteiger partial charge on any atom is 0.410 e. The van der Waals surface area contributed by atoms with Gasteiger partial charge in [-0.05, 0) is 57.2 Å². The van der Waals surface area contributed by atoms with E-state index in [1.165, 1.54) is 23.1 Å². The van der Waals surface area contributed by atoms with Crippen molar-refractivity contribution >= 4 is 34.7 Å². The van der Waals surface area contributed by atoms with E-state index in [0.29, 0.717) is 34.8 Å². The molecule has 2 aromatic heterocycles. The minimum Gasteiger partial charge on any atom is -0.444 e. The van der Waals surface area contributed by atoms with Gasteiger partial charge < -0.3 is 15.0 Å². The average molecular weight is 388 g/mol. The van der Waals surface area contributed by atoms with E-state index < -0.39 is 5.60 Å². The molecule has 0 aliphatic carbocycles. The van der Waals surface area contributed by atoms with E-state index in [-0.39, 0.29) is 6.09 Å². The molecular formula is C19H24N4O3S. The van der Waals surface area contributed by atoms with Crippen LogP contribution in [0.2, 0.25) is 0 Å². The zero-order valence-corrected chi connectivity index (χ0v) is 16.6. The molecule has 1 aliphatic rings. The van der Waals surface area contributed by atoms with Gasteiger partial charge in [0.25, 0.3) is 0 Å². The standard InChI is InChI=1S/C19H24N4O3S/c1-19(2,3)26-18(25)23-8-5-13(6-9-23)14-4-7-20-16(10-14)22-17-21-11-15(12-24)27-17/h4,7,10-13H,5-6,8-9H2,1-3H3,(H,20,21,22). The smallest absolute Gasteiger partial charge is 0.410 e. The summed E-state index contributed by atoms with van der Waals surface area (Å²) in [7, 11) is 0. The second kappa shape index (κ2) is 8.04. The van der Waals surface area contributed by atoms with E-state index in [9.17, 15) is 9.59 Å². The second-order valence-corrected chi connectivity index (χ2v) is 8.59. The maximum absolute atomic E-state index is 12.2. The zero-order chi connectivity index (χ0) is 19.4. The maximum atomic E-state index is 12.2. The molecule has 1 fully saturated rings. The number of rotatable bonds is 4. The first-order valence-electron chi connectivity index (χ1n) is 8.96. The molecule has 1 saturated heterocycles. The van der Waals surface area contributed by atoms with Gasteiger partial charge in [0.15, 0.2) is 11.4 Å². The molecule has 3 rings (SSSR count). The molecule has 0 saturated carbocycles. The van der Waals surface area contributed by atoms with Crippen molar-refractivity contribution in [1.82, 2.24) is 14.9 Å².